The van der Waals surface area contributed by atoms with Crippen molar-refractivity contribution in [1.29, 1.82) is 0 Å². The van der Waals surface area contributed by atoms with Gasteiger partial charge >= 0.3 is 11.9 Å². The number of ether oxygens (including phenoxy) is 3. The average molecular weight is 486 g/mol. The number of hydrogen-bond donors (Lipinski definition) is 1. The third-order valence-corrected chi connectivity index (χ3v) is 5.25. The first-order chi connectivity index (χ1) is 14.9. The number of allylic oxidation sites excluding steroid dienone is 2. The van der Waals surface area contributed by atoms with Gasteiger partial charge in [0.1, 0.15) is 17.2 Å². The van der Waals surface area contributed by atoms with Gasteiger partial charge in [0.25, 0.3) is 0 Å². The molecule has 7 nitrogen and oxygen atoms in total. The Labute approximate surface area is 188 Å². The molecule has 0 saturated heterocycles. The number of anilines is 1. The topological polar surface area (TPSA) is 85.3 Å². The van der Waals surface area contributed by atoms with E-state index in [0.29, 0.717) is 27.0 Å². The van der Waals surface area contributed by atoms with Crippen LogP contribution >= 0.6 is 15.9 Å². The van der Waals surface area contributed by atoms with E-state index in [0.717, 1.165) is 0 Å². The molecule has 0 spiro atoms. The molecule has 1 N–H and O–H groups in total. The van der Waals surface area contributed by atoms with Crippen molar-refractivity contribution in [2.45, 2.75) is 0 Å². The summed E-state index contributed by atoms with van der Waals surface area (Å²) in [5.74, 6) is -0.967. The molecule has 0 radical (unpaired) electrons. The molecule has 2 aromatic carbocycles. The van der Waals surface area contributed by atoms with Gasteiger partial charge in [-0.25, -0.2) is 9.59 Å². The SMILES string of the molecule is COC(=O)C1=C(C(=O)OC)N(c2c(Br)ccc(OC)c2-c2ccccc2O)C=CC=C1. The van der Waals surface area contributed by atoms with E-state index in [-0.39, 0.29) is 17.0 Å². The highest BCUT2D eigenvalue weighted by Crippen LogP contribution is 2.48. The van der Waals surface area contributed by atoms with Crippen LogP contribution in [0.5, 0.6) is 11.5 Å². The van der Waals surface area contributed by atoms with Gasteiger partial charge in [-0.3, -0.25) is 0 Å². The molecule has 0 amide bonds. The third kappa shape index (κ3) is 4.20. The minimum Gasteiger partial charge on any atom is -0.507 e. The van der Waals surface area contributed by atoms with Crippen molar-refractivity contribution in [3.05, 3.63) is 76.6 Å². The van der Waals surface area contributed by atoms with Crippen molar-refractivity contribution in [2.24, 2.45) is 0 Å². The summed E-state index contributed by atoms with van der Waals surface area (Å²) in [6, 6.07) is 10.2. The molecule has 1 heterocycles. The Morgan fingerprint density at radius 3 is 2.32 bits per heavy atom. The van der Waals surface area contributed by atoms with Gasteiger partial charge in [-0.15, -0.1) is 0 Å². The predicted molar refractivity (Wildman–Crippen MR) is 120 cm³/mol. The first-order valence-electron chi connectivity index (χ1n) is 9.14. The fourth-order valence-electron chi connectivity index (χ4n) is 3.23. The molecule has 2 aromatic rings. The number of halogens is 1. The largest absolute Gasteiger partial charge is 0.507 e. The number of carbonyl (C=O) groups excluding carboxylic acids is 2. The molecule has 0 aromatic heterocycles. The Morgan fingerprint density at radius 2 is 1.68 bits per heavy atom. The lowest BCUT2D eigenvalue weighted by Crippen LogP contribution is -2.27. The number of aromatic hydroxyl groups is 1. The molecule has 0 saturated carbocycles. The number of nitrogens with zero attached hydrogens (tertiary/aromatic N) is 1. The van der Waals surface area contributed by atoms with Gasteiger partial charge in [-0.05, 0) is 46.3 Å². The second-order valence-corrected chi connectivity index (χ2v) is 7.16. The number of phenolic OH excluding ortho intramolecular Hbond substituents is 1. The van der Waals surface area contributed by atoms with E-state index in [1.54, 1.807) is 54.8 Å². The lowest BCUT2D eigenvalue weighted by Gasteiger charge is -2.28. The fourth-order valence-corrected chi connectivity index (χ4v) is 3.76. The number of carbonyl (C=O) groups is 2. The van der Waals surface area contributed by atoms with Gasteiger partial charge in [-0.2, -0.15) is 0 Å². The third-order valence-electron chi connectivity index (χ3n) is 4.61. The normalized spacial score (nSPS) is 13.1. The maximum absolute atomic E-state index is 12.8. The molecule has 0 atom stereocenters. The van der Waals surface area contributed by atoms with Gasteiger partial charge in [0, 0.05) is 16.2 Å². The number of phenols is 1. The lowest BCUT2D eigenvalue weighted by molar-refractivity contribution is -0.139. The van der Waals surface area contributed by atoms with Crippen LogP contribution < -0.4 is 9.64 Å². The summed E-state index contributed by atoms with van der Waals surface area (Å²) in [5, 5.41) is 10.6. The van der Waals surface area contributed by atoms with Crippen molar-refractivity contribution < 1.29 is 28.9 Å². The van der Waals surface area contributed by atoms with E-state index in [4.69, 9.17) is 14.2 Å². The number of hydrogen-bond acceptors (Lipinski definition) is 7. The zero-order valence-electron chi connectivity index (χ0n) is 17.1. The van der Waals surface area contributed by atoms with Crippen LogP contribution in [0.2, 0.25) is 0 Å². The minimum atomic E-state index is -0.741. The molecule has 1 aliphatic rings. The lowest BCUT2D eigenvalue weighted by atomic mass is 9.99. The van der Waals surface area contributed by atoms with Gasteiger partial charge in [0.15, 0.2) is 0 Å². The summed E-state index contributed by atoms with van der Waals surface area (Å²) >= 11 is 3.54. The van der Waals surface area contributed by atoms with Gasteiger partial charge in [0.2, 0.25) is 0 Å². The van der Waals surface area contributed by atoms with E-state index < -0.39 is 11.9 Å². The van der Waals surface area contributed by atoms with Gasteiger partial charge in [-0.1, -0.05) is 24.3 Å². The summed E-state index contributed by atoms with van der Waals surface area (Å²) in [6.07, 6.45) is 6.37. The highest BCUT2D eigenvalue weighted by atomic mass is 79.9. The molecular weight excluding hydrogens is 466 g/mol. The second kappa shape index (κ2) is 9.53. The first-order valence-corrected chi connectivity index (χ1v) is 9.93. The Kier molecular flexibility index (Phi) is 6.81. The molecule has 0 aliphatic carbocycles. The zero-order valence-corrected chi connectivity index (χ0v) is 18.7. The van der Waals surface area contributed by atoms with E-state index in [1.807, 2.05) is 0 Å². The van der Waals surface area contributed by atoms with Crippen molar-refractivity contribution >= 4 is 33.6 Å². The van der Waals surface area contributed by atoms with Gasteiger partial charge in [0.05, 0.1) is 38.2 Å². The number of para-hydroxylation sites is 1. The van der Waals surface area contributed by atoms with Crippen LogP contribution in [0.4, 0.5) is 5.69 Å². The first kappa shape index (κ1) is 22.2. The molecule has 160 valence electrons. The maximum Gasteiger partial charge on any atom is 0.355 e. The number of methoxy groups -OCH3 is 3. The zero-order chi connectivity index (χ0) is 22.5. The van der Waals surface area contributed by atoms with Crippen molar-refractivity contribution in [1.82, 2.24) is 0 Å². The Morgan fingerprint density at radius 1 is 0.968 bits per heavy atom. The van der Waals surface area contributed by atoms with Crippen molar-refractivity contribution in [2.75, 3.05) is 26.2 Å². The van der Waals surface area contributed by atoms with Crippen LogP contribution in [0, 0.1) is 0 Å². The van der Waals surface area contributed by atoms with Crippen molar-refractivity contribution in [3.8, 4) is 22.6 Å². The number of benzene rings is 2. The molecule has 0 bridgehead atoms. The standard InChI is InChI=1S/C23H20BrNO6/c1-29-18-12-11-16(24)21(19(18)14-8-4-5-10-17(14)26)25-13-7-6-9-15(22(27)30-2)20(25)23(28)31-3/h4-13,26H,1-3H3. The highest BCUT2D eigenvalue weighted by Gasteiger charge is 2.31. The summed E-state index contributed by atoms with van der Waals surface area (Å²) < 4.78 is 16.0. The van der Waals surface area contributed by atoms with Crippen LogP contribution in [0.25, 0.3) is 11.1 Å². The number of esters is 2. The van der Waals surface area contributed by atoms with E-state index in [1.165, 1.54) is 32.3 Å². The van der Waals surface area contributed by atoms with Crippen molar-refractivity contribution in [3.63, 3.8) is 0 Å². The van der Waals surface area contributed by atoms with Crippen LogP contribution in [-0.2, 0) is 19.1 Å². The second-order valence-electron chi connectivity index (χ2n) is 6.31. The number of rotatable bonds is 5. The summed E-state index contributed by atoms with van der Waals surface area (Å²) in [4.78, 5) is 26.8. The summed E-state index contributed by atoms with van der Waals surface area (Å²) in [5.41, 5.74) is 1.40. The Bertz CT molecular complexity index is 1120. The molecule has 0 unspecified atom stereocenters. The molecule has 1 aliphatic heterocycles. The predicted octanol–water partition coefficient (Wildman–Crippen LogP) is 4.32. The molecule has 3 rings (SSSR count). The summed E-state index contributed by atoms with van der Waals surface area (Å²) in [6.45, 7) is 0. The van der Waals surface area contributed by atoms with E-state index in [2.05, 4.69) is 15.9 Å². The van der Waals surface area contributed by atoms with Crippen LogP contribution in [0.3, 0.4) is 0 Å². The van der Waals surface area contributed by atoms with Gasteiger partial charge < -0.3 is 24.2 Å². The maximum atomic E-state index is 12.8. The highest BCUT2D eigenvalue weighted by molar-refractivity contribution is 9.10. The monoisotopic (exact) mass is 485 g/mol. The average Bonchev–Trinajstić information content (AvgIpc) is 3.01. The van der Waals surface area contributed by atoms with Crippen LogP contribution in [0.1, 0.15) is 0 Å². The quantitative estimate of drug-likeness (QED) is 0.631. The molecule has 8 heteroatoms. The minimum absolute atomic E-state index is 0.0114. The van der Waals surface area contributed by atoms with Crippen LogP contribution in [-0.4, -0.2) is 38.4 Å². The molecular formula is C23H20BrNO6. The van der Waals surface area contributed by atoms with E-state index >= 15 is 0 Å². The van der Waals surface area contributed by atoms with E-state index in [9.17, 15) is 14.7 Å². The fraction of sp³-hybridized carbons (Fsp3) is 0.130. The smallest absolute Gasteiger partial charge is 0.355 e. The molecule has 31 heavy (non-hydrogen) atoms. The molecule has 0 fully saturated rings. The Balaban J connectivity index is 2.41. The Hall–Kier alpha value is -3.52. The summed E-state index contributed by atoms with van der Waals surface area (Å²) in [7, 11) is 3.97. The van der Waals surface area contributed by atoms with Crippen LogP contribution in [0.15, 0.2) is 76.6 Å².